The lowest BCUT2D eigenvalue weighted by molar-refractivity contribution is -0.120. The van der Waals surface area contributed by atoms with E-state index in [2.05, 4.69) is 17.6 Å². The van der Waals surface area contributed by atoms with Crippen LogP contribution in [-0.4, -0.2) is 38.8 Å². The molecule has 0 radical (unpaired) electrons. The lowest BCUT2D eigenvalue weighted by Gasteiger charge is -2.09. The normalized spacial score (nSPS) is 20.5. The summed E-state index contributed by atoms with van der Waals surface area (Å²) in [5, 5.41) is 6.04. The van der Waals surface area contributed by atoms with E-state index >= 15 is 0 Å². The third-order valence-corrected chi connectivity index (χ3v) is 2.60. The van der Waals surface area contributed by atoms with Gasteiger partial charge in [-0.15, -0.1) is 0 Å². The van der Waals surface area contributed by atoms with Crippen LogP contribution in [0.2, 0.25) is 0 Å². The largest absolute Gasteiger partial charge is 0.381 e. The summed E-state index contributed by atoms with van der Waals surface area (Å²) in [5.41, 5.74) is 0. The molecule has 1 aliphatic heterocycles. The van der Waals surface area contributed by atoms with Crippen LogP contribution in [0, 0.1) is 5.92 Å². The Hall–Kier alpha value is -0.610. The van der Waals surface area contributed by atoms with Crippen molar-refractivity contribution in [2.45, 2.75) is 26.2 Å². The van der Waals surface area contributed by atoms with Crippen LogP contribution in [0.5, 0.6) is 0 Å². The van der Waals surface area contributed by atoms with Crippen LogP contribution in [0.1, 0.15) is 26.2 Å². The Labute approximate surface area is 91.8 Å². The molecule has 0 spiro atoms. The number of carbonyl (C=O) groups is 1. The minimum Gasteiger partial charge on any atom is -0.381 e. The van der Waals surface area contributed by atoms with Gasteiger partial charge >= 0.3 is 0 Å². The van der Waals surface area contributed by atoms with Gasteiger partial charge in [-0.2, -0.15) is 0 Å². The number of hydrogen-bond donors (Lipinski definition) is 2. The molecule has 1 aliphatic rings. The van der Waals surface area contributed by atoms with Crippen molar-refractivity contribution in [1.82, 2.24) is 10.6 Å². The van der Waals surface area contributed by atoms with Gasteiger partial charge in [0.25, 0.3) is 0 Å². The second-order valence-electron chi connectivity index (χ2n) is 4.06. The third kappa shape index (κ3) is 5.74. The number of ether oxygens (including phenoxy) is 1. The molecule has 1 rings (SSSR count). The van der Waals surface area contributed by atoms with E-state index in [-0.39, 0.29) is 5.91 Å². The van der Waals surface area contributed by atoms with Gasteiger partial charge in [-0.1, -0.05) is 13.3 Å². The lowest BCUT2D eigenvalue weighted by Crippen LogP contribution is -2.36. The molecule has 0 aromatic heterocycles. The van der Waals surface area contributed by atoms with Crippen LogP contribution >= 0.6 is 0 Å². The fourth-order valence-corrected chi connectivity index (χ4v) is 1.60. The van der Waals surface area contributed by atoms with Crippen LogP contribution in [0.25, 0.3) is 0 Å². The number of hydrogen-bond acceptors (Lipinski definition) is 3. The molecule has 0 aliphatic carbocycles. The van der Waals surface area contributed by atoms with Crippen molar-refractivity contribution in [2.75, 3.05) is 32.8 Å². The van der Waals surface area contributed by atoms with E-state index in [1.54, 1.807) is 0 Å². The molecule has 0 aromatic rings. The fourth-order valence-electron chi connectivity index (χ4n) is 1.60. The fraction of sp³-hybridized carbons (Fsp3) is 0.909. The maximum Gasteiger partial charge on any atom is 0.233 e. The van der Waals surface area contributed by atoms with Crippen molar-refractivity contribution in [1.29, 1.82) is 0 Å². The Kier molecular flexibility index (Phi) is 6.36. The minimum absolute atomic E-state index is 0.0994. The zero-order valence-corrected chi connectivity index (χ0v) is 9.55. The van der Waals surface area contributed by atoms with E-state index < -0.39 is 0 Å². The summed E-state index contributed by atoms with van der Waals surface area (Å²) < 4.78 is 5.25. The van der Waals surface area contributed by atoms with Gasteiger partial charge in [0.1, 0.15) is 0 Å². The molecule has 4 heteroatoms. The Balaban J connectivity index is 1.91. The lowest BCUT2D eigenvalue weighted by atomic mass is 10.1. The molecule has 1 saturated heterocycles. The van der Waals surface area contributed by atoms with Gasteiger partial charge in [0.2, 0.25) is 5.91 Å². The van der Waals surface area contributed by atoms with Crippen molar-refractivity contribution in [2.24, 2.45) is 5.92 Å². The van der Waals surface area contributed by atoms with Crippen LogP contribution in [-0.2, 0) is 9.53 Å². The first kappa shape index (κ1) is 12.5. The molecule has 15 heavy (non-hydrogen) atoms. The topological polar surface area (TPSA) is 50.4 Å². The predicted molar refractivity (Wildman–Crippen MR) is 59.7 cm³/mol. The molecule has 4 nitrogen and oxygen atoms in total. The number of carbonyl (C=O) groups excluding carboxylic acids is 1. The Morgan fingerprint density at radius 2 is 2.40 bits per heavy atom. The second kappa shape index (κ2) is 7.65. The minimum atomic E-state index is 0.0994. The molecule has 1 heterocycles. The van der Waals surface area contributed by atoms with Gasteiger partial charge < -0.3 is 15.4 Å². The van der Waals surface area contributed by atoms with Crippen molar-refractivity contribution < 1.29 is 9.53 Å². The van der Waals surface area contributed by atoms with Crippen LogP contribution in [0.4, 0.5) is 0 Å². The number of unbranched alkanes of at least 4 members (excludes halogenated alkanes) is 1. The summed E-state index contributed by atoms with van der Waals surface area (Å²) in [7, 11) is 0. The predicted octanol–water partition coefficient (Wildman–Crippen LogP) is 0.529. The van der Waals surface area contributed by atoms with Gasteiger partial charge in [-0.05, 0) is 18.8 Å². The maximum atomic E-state index is 11.3. The summed E-state index contributed by atoms with van der Waals surface area (Å²) in [6, 6.07) is 0. The smallest absolute Gasteiger partial charge is 0.233 e. The molecule has 1 atom stereocenters. The van der Waals surface area contributed by atoms with Crippen molar-refractivity contribution in [3.63, 3.8) is 0 Å². The van der Waals surface area contributed by atoms with Gasteiger partial charge in [0, 0.05) is 19.7 Å². The highest BCUT2D eigenvalue weighted by Crippen LogP contribution is 2.10. The first-order valence-corrected chi connectivity index (χ1v) is 5.88. The Morgan fingerprint density at radius 1 is 1.53 bits per heavy atom. The number of nitrogens with one attached hydrogen (secondary N) is 2. The SMILES string of the molecule is CCCCNC(=O)CNCC1CCOC1. The zero-order valence-electron chi connectivity index (χ0n) is 9.55. The quantitative estimate of drug-likeness (QED) is 0.608. The van der Waals surface area contributed by atoms with Gasteiger partial charge in [0.05, 0.1) is 13.2 Å². The van der Waals surface area contributed by atoms with Crippen molar-refractivity contribution in [3.8, 4) is 0 Å². The zero-order chi connectivity index (χ0) is 10.9. The molecule has 0 bridgehead atoms. The molecule has 1 fully saturated rings. The van der Waals surface area contributed by atoms with Crippen molar-refractivity contribution >= 4 is 5.91 Å². The van der Waals surface area contributed by atoms with Gasteiger partial charge in [0.15, 0.2) is 0 Å². The summed E-state index contributed by atoms with van der Waals surface area (Å²) >= 11 is 0. The standard InChI is InChI=1S/C11H22N2O2/c1-2-3-5-13-11(14)8-12-7-10-4-6-15-9-10/h10,12H,2-9H2,1H3,(H,13,14). The Morgan fingerprint density at radius 3 is 3.07 bits per heavy atom. The highest BCUT2D eigenvalue weighted by Gasteiger charge is 2.14. The summed E-state index contributed by atoms with van der Waals surface area (Å²) in [4.78, 5) is 11.3. The van der Waals surface area contributed by atoms with Crippen LogP contribution in [0.3, 0.4) is 0 Å². The molecular formula is C11H22N2O2. The molecule has 88 valence electrons. The average molecular weight is 214 g/mol. The van der Waals surface area contributed by atoms with Crippen molar-refractivity contribution in [3.05, 3.63) is 0 Å². The van der Waals surface area contributed by atoms with Crippen LogP contribution < -0.4 is 10.6 Å². The molecule has 0 aromatic carbocycles. The van der Waals surface area contributed by atoms with E-state index in [0.29, 0.717) is 12.5 Å². The first-order valence-electron chi connectivity index (χ1n) is 5.88. The highest BCUT2D eigenvalue weighted by atomic mass is 16.5. The monoisotopic (exact) mass is 214 g/mol. The third-order valence-electron chi connectivity index (χ3n) is 2.60. The number of amides is 1. The first-order chi connectivity index (χ1) is 7.33. The van der Waals surface area contributed by atoms with E-state index in [0.717, 1.165) is 45.6 Å². The summed E-state index contributed by atoms with van der Waals surface area (Å²) in [6.45, 7) is 5.94. The van der Waals surface area contributed by atoms with E-state index in [9.17, 15) is 4.79 Å². The molecule has 0 saturated carbocycles. The van der Waals surface area contributed by atoms with E-state index in [1.807, 2.05) is 0 Å². The molecule has 2 N–H and O–H groups in total. The molecule has 1 amide bonds. The van der Waals surface area contributed by atoms with Crippen LogP contribution in [0.15, 0.2) is 0 Å². The summed E-state index contributed by atoms with van der Waals surface area (Å²) in [6.07, 6.45) is 3.29. The highest BCUT2D eigenvalue weighted by molar-refractivity contribution is 5.77. The molecular weight excluding hydrogens is 192 g/mol. The second-order valence-corrected chi connectivity index (χ2v) is 4.06. The van der Waals surface area contributed by atoms with Gasteiger partial charge in [-0.25, -0.2) is 0 Å². The maximum absolute atomic E-state index is 11.3. The van der Waals surface area contributed by atoms with E-state index in [4.69, 9.17) is 4.74 Å². The summed E-state index contributed by atoms with van der Waals surface area (Å²) in [5.74, 6) is 0.691. The van der Waals surface area contributed by atoms with Gasteiger partial charge in [-0.3, -0.25) is 4.79 Å². The number of rotatable bonds is 7. The van der Waals surface area contributed by atoms with E-state index in [1.165, 1.54) is 0 Å². The molecule has 1 unspecified atom stereocenters. The average Bonchev–Trinajstić information content (AvgIpc) is 2.71. The Bertz CT molecular complexity index is 179.